The lowest BCUT2D eigenvalue weighted by molar-refractivity contribution is 0.500. The molecule has 106 valence electrons. The monoisotopic (exact) mass is 315 g/mol. The van der Waals surface area contributed by atoms with Crippen molar-refractivity contribution in [3.63, 3.8) is 0 Å². The molecular formula is C15H13Cl2F2N. The first kappa shape index (κ1) is 15.2. The van der Waals surface area contributed by atoms with Crippen LogP contribution in [0, 0.1) is 11.6 Å². The van der Waals surface area contributed by atoms with Crippen LogP contribution < -0.4 is 5.32 Å². The summed E-state index contributed by atoms with van der Waals surface area (Å²) in [4.78, 5) is 0. The van der Waals surface area contributed by atoms with Gasteiger partial charge in [-0.1, -0.05) is 29.3 Å². The highest BCUT2D eigenvalue weighted by molar-refractivity contribution is 6.33. The van der Waals surface area contributed by atoms with Crippen molar-refractivity contribution in [2.24, 2.45) is 0 Å². The molecule has 0 heterocycles. The molecule has 0 aliphatic heterocycles. The SMILES string of the molecule is CC(NCc1cc(Cl)ccc1Cl)c1ccc(F)c(F)c1. The van der Waals surface area contributed by atoms with Crippen LogP contribution in [-0.2, 0) is 6.54 Å². The molecule has 0 saturated heterocycles. The van der Waals surface area contributed by atoms with Gasteiger partial charge in [-0.05, 0) is 48.4 Å². The molecule has 5 heteroatoms. The largest absolute Gasteiger partial charge is 0.306 e. The number of rotatable bonds is 4. The first-order valence-electron chi connectivity index (χ1n) is 6.09. The van der Waals surface area contributed by atoms with Gasteiger partial charge in [0, 0.05) is 22.6 Å². The molecule has 0 spiro atoms. The Hall–Kier alpha value is -1.16. The van der Waals surface area contributed by atoms with Gasteiger partial charge >= 0.3 is 0 Å². The number of halogens is 4. The maximum absolute atomic E-state index is 13.2. The van der Waals surface area contributed by atoms with Gasteiger partial charge in [-0.2, -0.15) is 0 Å². The molecule has 1 atom stereocenters. The Kier molecular flexibility index (Phi) is 4.97. The molecule has 0 aromatic heterocycles. The first-order valence-corrected chi connectivity index (χ1v) is 6.85. The lowest BCUT2D eigenvalue weighted by Gasteiger charge is -2.15. The van der Waals surface area contributed by atoms with Crippen LogP contribution in [0.3, 0.4) is 0 Å². The molecule has 1 unspecified atom stereocenters. The van der Waals surface area contributed by atoms with Gasteiger partial charge in [-0.25, -0.2) is 8.78 Å². The smallest absolute Gasteiger partial charge is 0.159 e. The highest BCUT2D eigenvalue weighted by atomic mass is 35.5. The molecule has 0 radical (unpaired) electrons. The number of benzene rings is 2. The Morgan fingerprint density at radius 1 is 1.05 bits per heavy atom. The van der Waals surface area contributed by atoms with Crippen LogP contribution in [0.4, 0.5) is 8.78 Å². The fourth-order valence-corrected chi connectivity index (χ4v) is 2.22. The fraction of sp³-hybridized carbons (Fsp3) is 0.200. The molecule has 20 heavy (non-hydrogen) atoms. The van der Waals surface area contributed by atoms with E-state index < -0.39 is 11.6 Å². The van der Waals surface area contributed by atoms with E-state index in [4.69, 9.17) is 23.2 Å². The summed E-state index contributed by atoms with van der Waals surface area (Å²) in [6, 6.07) is 8.93. The lowest BCUT2D eigenvalue weighted by Crippen LogP contribution is -2.18. The summed E-state index contributed by atoms with van der Waals surface area (Å²) in [5.41, 5.74) is 1.52. The molecule has 0 bridgehead atoms. The molecule has 2 aromatic carbocycles. The summed E-state index contributed by atoms with van der Waals surface area (Å²) in [6.45, 7) is 2.35. The molecule has 0 amide bonds. The third-order valence-corrected chi connectivity index (χ3v) is 3.65. The first-order chi connectivity index (χ1) is 9.47. The third-order valence-electron chi connectivity index (χ3n) is 3.05. The Bertz CT molecular complexity index is 617. The fourth-order valence-electron chi connectivity index (χ4n) is 1.84. The van der Waals surface area contributed by atoms with Crippen LogP contribution in [-0.4, -0.2) is 0 Å². The summed E-state index contributed by atoms with van der Waals surface area (Å²) < 4.78 is 26.1. The molecule has 2 rings (SSSR count). The van der Waals surface area contributed by atoms with Gasteiger partial charge in [0.2, 0.25) is 0 Å². The maximum Gasteiger partial charge on any atom is 0.159 e. The summed E-state index contributed by atoms with van der Waals surface area (Å²) in [5, 5.41) is 4.41. The van der Waals surface area contributed by atoms with Gasteiger partial charge in [-0.15, -0.1) is 0 Å². The minimum Gasteiger partial charge on any atom is -0.306 e. The highest BCUT2D eigenvalue weighted by Gasteiger charge is 2.10. The van der Waals surface area contributed by atoms with Crippen molar-refractivity contribution >= 4 is 23.2 Å². The van der Waals surface area contributed by atoms with Crippen LogP contribution in [0.25, 0.3) is 0 Å². The highest BCUT2D eigenvalue weighted by Crippen LogP contribution is 2.22. The van der Waals surface area contributed by atoms with E-state index in [2.05, 4.69) is 5.32 Å². The Morgan fingerprint density at radius 3 is 2.50 bits per heavy atom. The average Bonchev–Trinajstić information content (AvgIpc) is 2.42. The van der Waals surface area contributed by atoms with E-state index in [-0.39, 0.29) is 6.04 Å². The van der Waals surface area contributed by atoms with Crippen molar-refractivity contribution in [2.75, 3.05) is 0 Å². The van der Waals surface area contributed by atoms with Crippen LogP contribution in [0.2, 0.25) is 10.0 Å². The molecule has 0 aliphatic carbocycles. The van der Waals surface area contributed by atoms with E-state index in [9.17, 15) is 8.78 Å². The van der Waals surface area contributed by atoms with Crippen LogP contribution >= 0.6 is 23.2 Å². The van der Waals surface area contributed by atoms with Crippen molar-refractivity contribution in [3.8, 4) is 0 Å². The molecule has 0 saturated carbocycles. The van der Waals surface area contributed by atoms with Gasteiger partial charge in [0.25, 0.3) is 0 Å². The topological polar surface area (TPSA) is 12.0 Å². The summed E-state index contributed by atoms with van der Waals surface area (Å²) in [7, 11) is 0. The lowest BCUT2D eigenvalue weighted by atomic mass is 10.1. The molecule has 2 aromatic rings. The second-order valence-corrected chi connectivity index (χ2v) is 5.36. The van der Waals surface area contributed by atoms with E-state index in [1.807, 2.05) is 6.92 Å². The van der Waals surface area contributed by atoms with Gasteiger partial charge in [0.15, 0.2) is 11.6 Å². The predicted octanol–water partition coefficient (Wildman–Crippen LogP) is 5.12. The van der Waals surface area contributed by atoms with E-state index >= 15 is 0 Å². The van der Waals surface area contributed by atoms with Crippen molar-refractivity contribution in [1.29, 1.82) is 0 Å². The van der Waals surface area contributed by atoms with E-state index in [0.717, 1.165) is 11.6 Å². The molecule has 1 nitrogen and oxygen atoms in total. The zero-order chi connectivity index (χ0) is 14.7. The van der Waals surface area contributed by atoms with Gasteiger partial charge in [-0.3, -0.25) is 0 Å². The van der Waals surface area contributed by atoms with Gasteiger partial charge in [0.1, 0.15) is 0 Å². The minimum absolute atomic E-state index is 0.139. The summed E-state index contributed by atoms with van der Waals surface area (Å²) >= 11 is 12.0. The summed E-state index contributed by atoms with van der Waals surface area (Å²) in [6.07, 6.45) is 0. The van der Waals surface area contributed by atoms with Crippen molar-refractivity contribution in [3.05, 3.63) is 69.2 Å². The van der Waals surface area contributed by atoms with Crippen molar-refractivity contribution in [1.82, 2.24) is 5.32 Å². The van der Waals surface area contributed by atoms with Gasteiger partial charge in [0.05, 0.1) is 0 Å². The zero-order valence-corrected chi connectivity index (χ0v) is 12.3. The van der Waals surface area contributed by atoms with Crippen molar-refractivity contribution in [2.45, 2.75) is 19.5 Å². The van der Waals surface area contributed by atoms with Crippen LogP contribution in [0.1, 0.15) is 24.1 Å². The van der Waals surface area contributed by atoms with Crippen LogP contribution in [0.15, 0.2) is 36.4 Å². The van der Waals surface area contributed by atoms with E-state index in [0.29, 0.717) is 22.2 Å². The molecule has 0 aliphatic rings. The molecular weight excluding hydrogens is 303 g/mol. The number of hydrogen-bond donors (Lipinski definition) is 1. The summed E-state index contributed by atoms with van der Waals surface area (Å²) in [5.74, 6) is -1.70. The van der Waals surface area contributed by atoms with E-state index in [1.54, 1.807) is 24.3 Å². The third kappa shape index (κ3) is 3.69. The standard InChI is InChI=1S/C15H13Cl2F2N/c1-9(10-2-5-14(18)15(19)7-10)20-8-11-6-12(16)3-4-13(11)17/h2-7,9,20H,8H2,1H3. The zero-order valence-electron chi connectivity index (χ0n) is 10.8. The molecule has 1 N–H and O–H groups in total. The van der Waals surface area contributed by atoms with Crippen LogP contribution in [0.5, 0.6) is 0 Å². The maximum atomic E-state index is 13.2. The minimum atomic E-state index is -0.850. The number of hydrogen-bond acceptors (Lipinski definition) is 1. The Balaban J connectivity index is 2.06. The number of nitrogens with one attached hydrogen (secondary N) is 1. The Labute approximate surface area is 126 Å². The van der Waals surface area contributed by atoms with E-state index in [1.165, 1.54) is 6.07 Å². The van der Waals surface area contributed by atoms with Crippen molar-refractivity contribution < 1.29 is 8.78 Å². The normalized spacial score (nSPS) is 12.4. The predicted molar refractivity (Wildman–Crippen MR) is 78.1 cm³/mol. The molecule has 0 fully saturated rings. The van der Waals surface area contributed by atoms with Gasteiger partial charge < -0.3 is 5.32 Å². The second-order valence-electron chi connectivity index (χ2n) is 4.51. The Morgan fingerprint density at radius 2 is 1.80 bits per heavy atom. The quantitative estimate of drug-likeness (QED) is 0.825. The second kappa shape index (κ2) is 6.53. The average molecular weight is 316 g/mol.